The third-order valence-corrected chi connectivity index (χ3v) is 19.5. The van der Waals surface area contributed by atoms with E-state index in [1.54, 1.807) is 106 Å². The third kappa shape index (κ3) is 19.3. The first-order chi connectivity index (χ1) is 53.7. The quantitative estimate of drug-likeness (QED) is 0.0471. The summed E-state index contributed by atoms with van der Waals surface area (Å²) >= 11 is 0. The van der Waals surface area contributed by atoms with Crippen LogP contribution < -0.4 is 46.7 Å². The molecule has 6 aromatic carbocycles. The van der Waals surface area contributed by atoms with Crippen molar-refractivity contribution in [3.63, 3.8) is 0 Å². The molecule has 0 bridgehead atoms. The number of likely N-dealkylation sites (tertiary alicyclic amines) is 1. The number of pyridine rings is 3. The Labute approximate surface area is 636 Å². The van der Waals surface area contributed by atoms with Gasteiger partial charge in [0.1, 0.15) is 23.7 Å². The van der Waals surface area contributed by atoms with Crippen molar-refractivity contribution in [2.75, 3.05) is 78.3 Å². The zero-order chi connectivity index (χ0) is 78.8. The number of hydrogen-bond acceptors (Lipinski definition) is 14. The molecular weight excluding hydrogens is 1470 g/mol. The van der Waals surface area contributed by atoms with E-state index in [2.05, 4.69) is 72.4 Å². The SMILES string of the molecule is CN1CCC(Cc2ccc(NC(=O)Nc3ccc(-c4cncc5c4cnn5C)cc3)cc2C(F)(F)F)CC1.Cn1ncc2c(-c3ccc(NC(=O)Nc4ccc(OC5CCNCC5)c(C(F)(F)F)c4)cc3)cncc21.Cn1ncc2c(-c3ccc(NC(=O)Nc4ccc(OC5CCOCC5)c(C(F)(F)F)c4)cc3)cncc21. The summed E-state index contributed by atoms with van der Waals surface area (Å²) in [4.78, 5) is 52.6. The van der Waals surface area contributed by atoms with E-state index in [1.807, 2.05) is 64.6 Å². The molecule has 582 valence electrons. The molecule has 12 aromatic rings. The van der Waals surface area contributed by atoms with Crippen LogP contribution in [0.4, 0.5) is 88.0 Å². The molecule has 0 aliphatic carbocycles. The third-order valence-electron chi connectivity index (χ3n) is 19.5. The van der Waals surface area contributed by atoms with E-state index in [4.69, 9.17) is 14.2 Å². The molecule has 0 unspecified atom stereocenters. The number of alkyl halides is 9. The lowest BCUT2D eigenvalue weighted by Crippen LogP contribution is -2.34. The van der Waals surface area contributed by atoms with Crippen LogP contribution in [0.25, 0.3) is 66.1 Å². The number of aryl methyl sites for hydroxylation is 3. The van der Waals surface area contributed by atoms with Crippen molar-refractivity contribution in [2.24, 2.45) is 27.1 Å². The number of piperidine rings is 2. The van der Waals surface area contributed by atoms with Gasteiger partial charge in [0, 0.05) is 120 Å². The highest BCUT2D eigenvalue weighted by atomic mass is 19.4. The number of anilines is 6. The number of fused-ring (bicyclic) bond motifs is 3. The molecule has 32 heteroatoms. The highest BCUT2D eigenvalue weighted by Gasteiger charge is 2.38. The van der Waals surface area contributed by atoms with Crippen LogP contribution in [0.2, 0.25) is 0 Å². The highest BCUT2D eigenvalue weighted by molar-refractivity contribution is 6.03. The fourth-order valence-corrected chi connectivity index (χ4v) is 13.6. The van der Waals surface area contributed by atoms with E-state index in [1.165, 1.54) is 36.4 Å². The largest absolute Gasteiger partial charge is 0.490 e. The Kier molecular flexibility index (Phi) is 23.7. The van der Waals surface area contributed by atoms with Crippen LogP contribution in [0.15, 0.2) is 183 Å². The van der Waals surface area contributed by atoms with Crippen molar-refractivity contribution in [1.29, 1.82) is 0 Å². The first-order valence-corrected chi connectivity index (χ1v) is 36.0. The Hall–Kier alpha value is -12.2. The van der Waals surface area contributed by atoms with E-state index in [0.717, 1.165) is 110 Å². The topological polar surface area (TPSA) is 258 Å². The summed E-state index contributed by atoms with van der Waals surface area (Å²) in [6, 6.07) is 30.4. The molecule has 0 atom stereocenters. The van der Waals surface area contributed by atoms with Gasteiger partial charge >= 0.3 is 36.6 Å². The molecular formula is C80H78F9N17O6. The lowest BCUT2D eigenvalue weighted by Gasteiger charge is -2.29. The predicted molar refractivity (Wildman–Crippen MR) is 409 cm³/mol. The Balaban J connectivity index is 0.000000147. The molecule has 6 amide bonds. The number of halogens is 9. The smallest absolute Gasteiger partial charge is 0.420 e. The van der Waals surface area contributed by atoms with Crippen molar-refractivity contribution in [2.45, 2.75) is 75.7 Å². The van der Waals surface area contributed by atoms with Crippen LogP contribution in [0.1, 0.15) is 60.8 Å². The van der Waals surface area contributed by atoms with Gasteiger partial charge in [0.15, 0.2) is 0 Å². The van der Waals surface area contributed by atoms with Crippen LogP contribution in [-0.2, 0) is 50.8 Å². The van der Waals surface area contributed by atoms with E-state index in [9.17, 15) is 53.9 Å². The summed E-state index contributed by atoms with van der Waals surface area (Å²) in [6.45, 7) is 4.07. The monoisotopic (exact) mass is 1540 g/mol. The maximum atomic E-state index is 13.9. The number of nitrogens with one attached hydrogen (secondary N) is 7. The predicted octanol–water partition coefficient (Wildman–Crippen LogP) is 17.5. The summed E-state index contributed by atoms with van der Waals surface area (Å²) in [7, 11) is 7.55. The second kappa shape index (κ2) is 34.0. The molecule has 23 nitrogen and oxygen atoms in total. The number of ether oxygens (including phenoxy) is 3. The molecule has 0 spiro atoms. The zero-order valence-electron chi connectivity index (χ0n) is 61.1. The normalized spacial score (nSPS) is 14.7. The van der Waals surface area contributed by atoms with E-state index in [-0.39, 0.29) is 52.3 Å². The van der Waals surface area contributed by atoms with Crippen LogP contribution in [-0.4, -0.2) is 126 Å². The van der Waals surface area contributed by atoms with Crippen LogP contribution in [0.3, 0.4) is 0 Å². The summed E-state index contributed by atoms with van der Waals surface area (Å²) in [5.41, 5.74) is 7.31. The fourth-order valence-electron chi connectivity index (χ4n) is 13.6. The number of nitrogens with zero attached hydrogens (tertiary/aromatic N) is 10. The van der Waals surface area contributed by atoms with Crippen molar-refractivity contribution in [3.8, 4) is 44.9 Å². The molecule has 3 aliphatic rings. The molecule has 112 heavy (non-hydrogen) atoms. The van der Waals surface area contributed by atoms with Crippen molar-refractivity contribution in [3.05, 3.63) is 205 Å². The summed E-state index contributed by atoms with van der Waals surface area (Å²) < 4.78 is 146. The summed E-state index contributed by atoms with van der Waals surface area (Å²) in [5.74, 6) is -0.281. The second-order valence-electron chi connectivity index (χ2n) is 27.4. The molecule has 9 heterocycles. The first-order valence-electron chi connectivity index (χ1n) is 36.0. The number of rotatable bonds is 15. The number of urea groups is 3. The minimum absolute atomic E-state index is 0.00453. The Morgan fingerprint density at radius 2 is 0.750 bits per heavy atom. The summed E-state index contributed by atoms with van der Waals surface area (Å²) in [6.07, 6.45) is 5.81. The van der Waals surface area contributed by atoms with Gasteiger partial charge in [0.25, 0.3) is 0 Å². The van der Waals surface area contributed by atoms with Crippen molar-refractivity contribution >= 4 is 84.9 Å². The van der Waals surface area contributed by atoms with E-state index >= 15 is 0 Å². The Morgan fingerprint density at radius 3 is 1.12 bits per heavy atom. The standard InChI is InChI=1S/C28H29F3N6O.C26H25F3N6O2.C26H24F3N5O3/c1-36-11-9-18(10-12-36)13-20-5-8-22(14-25(20)28(29,30)31)35-27(38)34-21-6-3-19(4-7-21)23-15-32-17-26-24(23)16-33-37(26)2;1-35-23-15-31-13-20(21(23)14-32-35)16-2-4-17(5-3-16)33-25(36)34-18-6-7-24(22(12-18)26(27,28)29)37-19-8-10-30-11-9-19;1-34-23-15-30-13-20(21(23)14-31-34)16-2-4-17(5-3-16)32-25(35)33-18-6-7-24(22(12-18)26(27,28)29)37-19-8-10-36-11-9-19/h3-8,14-18H,9-13H2,1-2H3,(H2,34,35,38);2-7,12-15,19,30H,8-11H2,1H3,(H2,33,34,36);2-7,12-15,19H,8-11H2,1H3,(H2,32,33,35). The zero-order valence-corrected chi connectivity index (χ0v) is 61.1. The van der Waals surface area contributed by atoms with Crippen LogP contribution >= 0.6 is 0 Å². The van der Waals surface area contributed by atoms with E-state index in [0.29, 0.717) is 75.5 Å². The van der Waals surface area contributed by atoms with Gasteiger partial charge in [0.05, 0.1) is 83.6 Å². The molecule has 6 aromatic heterocycles. The van der Waals surface area contributed by atoms with Gasteiger partial charge in [-0.15, -0.1) is 0 Å². The molecule has 15 rings (SSSR count). The molecule has 3 aliphatic heterocycles. The lowest BCUT2D eigenvalue weighted by atomic mass is 9.88. The first kappa shape index (κ1) is 78.0. The van der Waals surface area contributed by atoms with Gasteiger partial charge in [-0.05, 0) is 178 Å². The number of benzene rings is 6. The highest BCUT2D eigenvalue weighted by Crippen LogP contribution is 2.42. The maximum absolute atomic E-state index is 13.9. The van der Waals surface area contributed by atoms with Crippen molar-refractivity contribution in [1.82, 2.24) is 54.5 Å². The van der Waals surface area contributed by atoms with Crippen LogP contribution in [0, 0.1) is 5.92 Å². The average Bonchev–Trinajstić information content (AvgIpc) is 1.72. The molecule has 0 saturated carbocycles. The van der Waals surface area contributed by atoms with Gasteiger partial charge in [-0.3, -0.25) is 29.0 Å². The molecule has 3 fully saturated rings. The lowest BCUT2D eigenvalue weighted by molar-refractivity contribution is -0.140. The van der Waals surface area contributed by atoms with Gasteiger partial charge in [-0.1, -0.05) is 42.5 Å². The number of aromatic nitrogens is 9. The minimum Gasteiger partial charge on any atom is -0.490 e. The number of carbonyl (C=O) groups is 3. The number of carbonyl (C=O) groups excluding carboxylic acids is 3. The van der Waals surface area contributed by atoms with Crippen molar-refractivity contribution < 1.29 is 68.1 Å². The van der Waals surface area contributed by atoms with E-state index < -0.39 is 53.3 Å². The van der Waals surface area contributed by atoms with Gasteiger partial charge in [0.2, 0.25) is 0 Å². The number of amides is 6. The average molecular weight is 1540 g/mol. The van der Waals surface area contributed by atoms with Gasteiger partial charge in [-0.2, -0.15) is 54.8 Å². The fraction of sp³-hybridized carbons (Fsp3) is 0.287. The van der Waals surface area contributed by atoms with Gasteiger partial charge < -0.3 is 56.3 Å². The Bertz CT molecular complexity index is 5090. The molecule has 7 N–H and O–H groups in total. The molecule has 3 saturated heterocycles. The molecule has 0 radical (unpaired) electrons. The Morgan fingerprint density at radius 1 is 0.420 bits per heavy atom. The summed E-state index contributed by atoms with van der Waals surface area (Å²) in [5, 5.41) is 34.2. The minimum atomic E-state index is -4.64. The number of hydrogen-bond donors (Lipinski definition) is 7. The van der Waals surface area contributed by atoms with Crippen LogP contribution in [0.5, 0.6) is 11.5 Å². The van der Waals surface area contributed by atoms with Gasteiger partial charge in [-0.25, -0.2) is 14.4 Å². The second-order valence-corrected chi connectivity index (χ2v) is 27.4. The maximum Gasteiger partial charge on any atom is 0.420 e.